The summed E-state index contributed by atoms with van der Waals surface area (Å²) in [6, 6.07) is 6.64. The van der Waals surface area contributed by atoms with Gasteiger partial charge in [0.05, 0.1) is 12.4 Å². The lowest BCUT2D eigenvalue weighted by Crippen LogP contribution is -2.23. The number of halogens is 1. The Morgan fingerprint density at radius 3 is 2.60 bits per heavy atom. The molecule has 0 fully saturated rings. The standard InChI is InChI=1S/C16H15FN2S/c1-10-8-20-16(11(10)2)15-14(7-18-9-19-15)12-3-5-13(17)6-4-12/h3-9,15H,1-2H3,(H,18,19). The molecule has 1 aliphatic rings. The molecule has 0 bridgehead atoms. The molecule has 0 aliphatic carbocycles. The summed E-state index contributed by atoms with van der Waals surface area (Å²) in [5, 5.41) is 5.48. The van der Waals surface area contributed by atoms with Crippen molar-refractivity contribution in [1.82, 2.24) is 5.32 Å². The average Bonchev–Trinajstić information content (AvgIpc) is 2.80. The van der Waals surface area contributed by atoms with Gasteiger partial charge in [0.2, 0.25) is 0 Å². The van der Waals surface area contributed by atoms with E-state index >= 15 is 0 Å². The lowest BCUT2D eigenvalue weighted by Gasteiger charge is -2.23. The van der Waals surface area contributed by atoms with E-state index < -0.39 is 0 Å². The molecule has 0 saturated carbocycles. The Bertz CT molecular complexity index is 683. The summed E-state index contributed by atoms with van der Waals surface area (Å²) < 4.78 is 13.1. The van der Waals surface area contributed by atoms with E-state index in [1.165, 1.54) is 28.1 Å². The second-order valence-electron chi connectivity index (χ2n) is 4.88. The molecule has 102 valence electrons. The van der Waals surface area contributed by atoms with Crippen LogP contribution in [0, 0.1) is 19.7 Å². The summed E-state index contributed by atoms with van der Waals surface area (Å²) in [5.74, 6) is -0.221. The Balaban J connectivity index is 2.03. The summed E-state index contributed by atoms with van der Waals surface area (Å²) in [4.78, 5) is 5.46. The van der Waals surface area contributed by atoms with E-state index in [0.717, 1.165) is 11.1 Å². The van der Waals surface area contributed by atoms with E-state index in [4.69, 9.17) is 0 Å². The number of benzene rings is 1. The van der Waals surface area contributed by atoms with Crippen LogP contribution in [0.5, 0.6) is 0 Å². The van der Waals surface area contributed by atoms with E-state index in [2.05, 4.69) is 29.5 Å². The molecule has 0 amide bonds. The van der Waals surface area contributed by atoms with Crippen LogP contribution in [-0.4, -0.2) is 6.34 Å². The first-order valence-corrected chi connectivity index (χ1v) is 7.33. The zero-order valence-electron chi connectivity index (χ0n) is 11.4. The van der Waals surface area contributed by atoms with Crippen LogP contribution in [0.25, 0.3) is 5.57 Å². The summed E-state index contributed by atoms with van der Waals surface area (Å²) >= 11 is 1.75. The first-order valence-electron chi connectivity index (χ1n) is 6.45. The van der Waals surface area contributed by atoms with Crippen LogP contribution in [0.2, 0.25) is 0 Å². The molecule has 2 nitrogen and oxygen atoms in total. The third kappa shape index (κ3) is 2.27. The van der Waals surface area contributed by atoms with Crippen molar-refractivity contribution < 1.29 is 4.39 Å². The highest BCUT2D eigenvalue weighted by Crippen LogP contribution is 2.37. The van der Waals surface area contributed by atoms with Crippen LogP contribution in [0.3, 0.4) is 0 Å². The van der Waals surface area contributed by atoms with Gasteiger partial charge in [-0.3, -0.25) is 0 Å². The van der Waals surface area contributed by atoms with Crippen molar-refractivity contribution in [2.75, 3.05) is 0 Å². The fraction of sp³-hybridized carbons (Fsp3) is 0.188. The molecule has 2 heterocycles. The Hall–Kier alpha value is -1.94. The zero-order chi connectivity index (χ0) is 14.1. The zero-order valence-corrected chi connectivity index (χ0v) is 12.2. The topological polar surface area (TPSA) is 24.4 Å². The van der Waals surface area contributed by atoms with Crippen LogP contribution in [0.15, 0.2) is 40.8 Å². The summed E-state index contributed by atoms with van der Waals surface area (Å²) in [5.41, 5.74) is 4.66. The van der Waals surface area contributed by atoms with E-state index in [-0.39, 0.29) is 11.9 Å². The van der Waals surface area contributed by atoms with Crippen LogP contribution in [-0.2, 0) is 0 Å². The molecular weight excluding hydrogens is 271 g/mol. The number of thiophene rings is 1. The van der Waals surface area contributed by atoms with Crippen molar-refractivity contribution in [2.45, 2.75) is 19.9 Å². The number of rotatable bonds is 2. The van der Waals surface area contributed by atoms with Gasteiger partial charge in [-0.05, 0) is 48.1 Å². The molecule has 1 aliphatic heterocycles. The van der Waals surface area contributed by atoms with Crippen LogP contribution < -0.4 is 5.32 Å². The number of nitrogens with one attached hydrogen (secondary N) is 1. The monoisotopic (exact) mass is 286 g/mol. The molecule has 20 heavy (non-hydrogen) atoms. The predicted octanol–water partition coefficient (Wildman–Crippen LogP) is 4.22. The van der Waals surface area contributed by atoms with Crippen molar-refractivity contribution in [1.29, 1.82) is 0 Å². The minimum atomic E-state index is -0.221. The minimum absolute atomic E-state index is 0.0802. The van der Waals surface area contributed by atoms with E-state index in [0.29, 0.717) is 0 Å². The highest BCUT2D eigenvalue weighted by atomic mass is 32.1. The molecule has 1 atom stereocenters. The van der Waals surface area contributed by atoms with Gasteiger partial charge < -0.3 is 5.32 Å². The second kappa shape index (κ2) is 5.21. The Labute approximate surface area is 121 Å². The highest BCUT2D eigenvalue weighted by molar-refractivity contribution is 7.10. The Morgan fingerprint density at radius 2 is 1.95 bits per heavy atom. The van der Waals surface area contributed by atoms with Crippen LogP contribution in [0.1, 0.15) is 27.6 Å². The summed E-state index contributed by atoms with van der Waals surface area (Å²) in [6.07, 6.45) is 3.56. The molecule has 3 rings (SSSR count). The number of hydrogen-bond acceptors (Lipinski definition) is 3. The first kappa shape index (κ1) is 13.1. The van der Waals surface area contributed by atoms with Gasteiger partial charge in [0, 0.05) is 16.7 Å². The average molecular weight is 286 g/mol. The molecule has 0 spiro atoms. The maximum absolute atomic E-state index is 13.1. The van der Waals surface area contributed by atoms with Gasteiger partial charge in [-0.1, -0.05) is 12.1 Å². The van der Waals surface area contributed by atoms with Gasteiger partial charge >= 0.3 is 0 Å². The maximum Gasteiger partial charge on any atom is 0.123 e. The SMILES string of the molecule is Cc1csc(C2NC=NC=C2c2ccc(F)cc2)c1C. The van der Waals surface area contributed by atoms with Crippen molar-refractivity contribution in [3.05, 3.63) is 63.2 Å². The minimum Gasteiger partial charge on any atom is -0.364 e. The van der Waals surface area contributed by atoms with E-state index in [1.54, 1.807) is 29.8 Å². The largest absolute Gasteiger partial charge is 0.364 e. The molecule has 1 unspecified atom stereocenters. The second-order valence-corrected chi connectivity index (χ2v) is 5.79. The van der Waals surface area contributed by atoms with E-state index in [9.17, 15) is 4.39 Å². The third-order valence-electron chi connectivity index (χ3n) is 3.60. The molecule has 2 aromatic rings. The molecule has 0 radical (unpaired) electrons. The highest BCUT2D eigenvalue weighted by Gasteiger charge is 2.23. The van der Waals surface area contributed by atoms with Crippen molar-refractivity contribution >= 4 is 23.2 Å². The lowest BCUT2D eigenvalue weighted by molar-refractivity contribution is 0.627. The molecular formula is C16H15FN2S. The van der Waals surface area contributed by atoms with Gasteiger partial charge in [0.15, 0.2) is 0 Å². The molecule has 1 N–H and O–H groups in total. The fourth-order valence-electron chi connectivity index (χ4n) is 2.31. The molecule has 0 saturated heterocycles. The van der Waals surface area contributed by atoms with Gasteiger partial charge in [-0.15, -0.1) is 11.3 Å². The third-order valence-corrected chi connectivity index (χ3v) is 4.87. The van der Waals surface area contributed by atoms with Crippen molar-refractivity contribution in [3.63, 3.8) is 0 Å². The molecule has 1 aromatic carbocycles. The Morgan fingerprint density at radius 1 is 1.20 bits per heavy atom. The summed E-state index contributed by atoms with van der Waals surface area (Å²) in [6.45, 7) is 4.25. The van der Waals surface area contributed by atoms with Gasteiger partial charge in [0.1, 0.15) is 5.82 Å². The molecule has 1 aromatic heterocycles. The summed E-state index contributed by atoms with van der Waals surface area (Å²) in [7, 11) is 0. The lowest BCUT2D eigenvalue weighted by atomic mass is 9.95. The quantitative estimate of drug-likeness (QED) is 0.878. The van der Waals surface area contributed by atoms with Gasteiger partial charge in [0.25, 0.3) is 0 Å². The molecule has 4 heteroatoms. The van der Waals surface area contributed by atoms with Gasteiger partial charge in [-0.2, -0.15) is 0 Å². The fourth-order valence-corrected chi connectivity index (χ4v) is 3.46. The van der Waals surface area contributed by atoms with Crippen LogP contribution >= 0.6 is 11.3 Å². The predicted molar refractivity (Wildman–Crippen MR) is 82.5 cm³/mol. The normalized spacial score (nSPS) is 17.8. The number of nitrogens with zero attached hydrogens (tertiary/aromatic N) is 1. The van der Waals surface area contributed by atoms with Crippen molar-refractivity contribution in [3.8, 4) is 0 Å². The maximum atomic E-state index is 13.1. The number of aliphatic imine (C=N–C) groups is 1. The smallest absolute Gasteiger partial charge is 0.123 e. The number of aryl methyl sites for hydroxylation is 1. The van der Waals surface area contributed by atoms with Gasteiger partial charge in [-0.25, -0.2) is 9.38 Å². The number of hydrogen-bond donors (Lipinski definition) is 1. The van der Waals surface area contributed by atoms with E-state index in [1.807, 2.05) is 6.20 Å². The first-order chi connectivity index (χ1) is 9.66. The van der Waals surface area contributed by atoms with Crippen LogP contribution in [0.4, 0.5) is 4.39 Å². The Kier molecular flexibility index (Phi) is 3.40. The van der Waals surface area contributed by atoms with Crippen molar-refractivity contribution in [2.24, 2.45) is 4.99 Å².